The van der Waals surface area contributed by atoms with Crippen molar-refractivity contribution in [1.29, 1.82) is 0 Å². The molecule has 1 heterocycles. The average Bonchev–Trinajstić information content (AvgIpc) is 2.85. The first-order valence-corrected chi connectivity index (χ1v) is 7.08. The minimum atomic E-state index is -0.411. The zero-order chi connectivity index (χ0) is 13.4. The Morgan fingerprint density at radius 3 is 2.56 bits per heavy atom. The van der Waals surface area contributed by atoms with Crippen LogP contribution in [0.1, 0.15) is 47.0 Å². The van der Waals surface area contributed by atoms with Gasteiger partial charge in [0.05, 0.1) is 0 Å². The first kappa shape index (κ1) is 13.7. The van der Waals surface area contributed by atoms with Crippen LogP contribution in [0, 0.1) is 5.92 Å². The van der Waals surface area contributed by atoms with E-state index in [1.165, 1.54) is 13.0 Å². The lowest BCUT2D eigenvalue weighted by molar-refractivity contribution is 0.0475. The molecule has 2 rings (SSSR count). The highest BCUT2D eigenvalue weighted by Gasteiger charge is 2.52. The zero-order valence-corrected chi connectivity index (χ0v) is 12.1. The van der Waals surface area contributed by atoms with E-state index in [1.54, 1.807) is 0 Å². The Labute approximate surface area is 110 Å². The van der Waals surface area contributed by atoms with Crippen LogP contribution in [0.3, 0.4) is 0 Å². The van der Waals surface area contributed by atoms with Gasteiger partial charge in [-0.15, -0.1) is 0 Å². The molecule has 1 amide bonds. The number of carbonyl (C=O) groups is 1. The van der Waals surface area contributed by atoms with Gasteiger partial charge in [0.2, 0.25) is 0 Å². The molecule has 4 heteroatoms. The molecular formula is C14H26N2O2. The maximum atomic E-state index is 11.9. The molecule has 104 valence electrons. The van der Waals surface area contributed by atoms with Crippen molar-refractivity contribution in [3.63, 3.8) is 0 Å². The van der Waals surface area contributed by atoms with Gasteiger partial charge in [-0.3, -0.25) is 0 Å². The number of carbonyl (C=O) groups excluding carboxylic acids is 1. The molecule has 1 saturated carbocycles. The van der Waals surface area contributed by atoms with Crippen LogP contribution < -0.4 is 5.32 Å². The Balaban J connectivity index is 1.87. The van der Waals surface area contributed by atoms with Crippen LogP contribution in [0.5, 0.6) is 0 Å². The highest BCUT2D eigenvalue weighted by atomic mass is 16.6. The van der Waals surface area contributed by atoms with E-state index in [1.807, 2.05) is 20.8 Å². The predicted octanol–water partition coefficient (Wildman–Crippen LogP) is 2.39. The monoisotopic (exact) mass is 254 g/mol. The van der Waals surface area contributed by atoms with Crippen LogP contribution in [-0.4, -0.2) is 41.8 Å². The Bertz CT molecular complexity index is 318. The molecule has 1 aliphatic heterocycles. The topological polar surface area (TPSA) is 41.6 Å². The lowest BCUT2D eigenvalue weighted by Crippen LogP contribution is -2.45. The number of likely N-dealkylation sites (tertiary alicyclic amines) is 1. The summed E-state index contributed by atoms with van der Waals surface area (Å²) in [5, 5.41) is 3.12. The molecule has 0 spiro atoms. The first-order valence-electron chi connectivity index (χ1n) is 7.08. The third-order valence-electron chi connectivity index (χ3n) is 4.04. The summed E-state index contributed by atoms with van der Waals surface area (Å²) in [6.07, 6.45) is 3.15. The molecule has 0 bridgehead atoms. The molecule has 2 aliphatic rings. The maximum absolute atomic E-state index is 11.9. The van der Waals surface area contributed by atoms with Gasteiger partial charge in [-0.2, -0.15) is 0 Å². The normalized spacial score (nSPS) is 27.0. The minimum Gasteiger partial charge on any atom is -0.444 e. The van der Waals surface area contributed by atoms with Gasteiger partial charge >= 0.3 is 6.09 Å². The molecule has 0 radical (unpaired) electrons. The van der Waals surface area contributed by atoms with Gasteiger partial charge < -0.3 is 15.0 Å². The van der Waals surface area contributed by atoms with E-state index in [9.17, 15) is 4.79 Å². The summed E-state index contributed by atoms with van der Waals surface area (Å²) in [4.78, 5) is 14.3. The summed E-state index contributed by atoms with van der Waals surface area (Å²) in [6, 6.07) is 0. The van der Waals surface area contributed by atoms with E-state index < -0.39 is 5.60 Å². The van der Waals surface area contributed by atoms with Gasteiger partial charge in [-0.1, -0.05) is 6.92 Å². The van der Waals surface area contributed by atoms with Crippen LogP contribution in [0.4, 0.5) is 4.79 Å². The van der Waals surface area contributed by atoms with Crippen molar-refractivity contribution in [2.75, 3.05) is 19.6 Å². The molecule has 18 heavy (non-hydrogen) atoms. The molecule has 0 aromatic rings. The number of amides is 1. The molecule has 0 unspecified atom stereocenters. The molecule has 4 nitrogen and oxygen atoms in total. The fraction of sp³-hybridized carbons (Fsp3) is 0.929. The molecule has 1 aliphatic carbocycles. The van der Waals surface area contributed by atoms with Crippen LogP contribution in [0.15, 0.2) is 0 Å². The van der Waals surface area contributed by atoms with Crippen molar-refractivity contribution < 1.29 is 9.53 Å². The van der Waals surface area contributed by atoms with Crippen molar-refractivity contribution in [2.45, 2.75) is 58.1 Å². The first-order chi connectivity index (χ1) is 8.35. The number of hydrogen-bond acceptors (Lipinski definition) is 3. The fourth-order valence-corrected chi connectivity index (χ4v) is 2.85. The van der Waals surface area contributed by atoms with Crippen LogP contribution >= 0.6 is 0 Å². The molecule has 0 aromatic carbocycles. The lowest BCUT2D eigenvalue weighted by Gasteiger charge is -2.27. The van der Waals surface area contributed by atoms with Gasteiger partial charge in [0.15, 0.2) is 0 Å². The smallest absolute Gasteiger partial charge is 0.408 e. The number of rotatable bonds is 3. The van der Waals surface area contributed by atoms with E-state index >= 15 is 0 Å². The summed E-state index contributed by atoms with van der Waals surface area (Å²) in [5.41, 5.74) is -0.377. The third kappa shape index (κ3) is 3.16. The summed E-state index contributed by atoms with van der Waals surface area (Å²) in [5.74, 6) is 0.602. The Morgan fingerprint density at radius 1 is 1.44 bits per heavy atom. The number of ether oxygens (including phenoxy) is 1. The van der Waals surface area contributed by atoms with Crippen LogP contribution in [-0.2, 0) is 4.74 Å². The molecule has 1 atom stereocenters. The van der Waals surface area contributed by atoms with E-state index in [-0.39, 0.29) is 11.6 Å². The second kappa shape index (κ2) is 4.72. The summed E-state index contributed by atoms with van der Waals surface area (Å²) >= 11 is 0. The van der Waals surface area contributed by atoms with Gasteiger partial charge in [0, 0.05) is 12.1 Å². The maximum Gasteiger partial charge on any atom is 0.408 e. The summed E-state index contributed by atoms with van der Waals surface area (Å²) in [7, 11) is 0. The number of hydrogen-bond donors (Lipinski definition) is 1. The van der Waals surface area contributed by atoms with Crippen molar-refractivity contribution in [3.05, 3.63) is 0 Å². The number of nitrogens with one attached hydrogen (secondary N) is 1. The fourth-order valence-electron chi connectivity index (χ4n) is 2.85. The Hall–Kier alpha value is -0.770. The van der Waals surface area contributed by atoms with Crippen molar-refractivity contribution in [1.82, 2.24) is 10.2 Å². The van der Waals surface area contributed by atoms with E-state index in [4.69, 9.17) is 4.74 Å². The molecular weight excluding hydrogens is 228 g/mol. The standard InChI is InChI=1S/C14H26N2O2/c1-5-16-9-6-11(10-16)14(7-8-14)15-12(17)18-13(2,3)4/h11H,5-10H2,1-4H3,(H,15,17)/t11-/m1/s1. The van der Waals surface area contributed by atoms with Crippen molar-refractivity contribution in [2.24, 2.45) is 5.92 Å². The van der Waals surface area contributed by atoms with Crippen molar-refractivity contribution in [3.8, 4) is 0 Å². The number of nitrogens with zero attached hydrogens (tertiary/aromatic N) is 1. The van der Waals surface area contributed by atoms with Gasteiger partial charge in [-0.05, 0) is 59.0 Å². The second-order valence-electron chi connectivity index (χ2n) is 6.66. The van der Waals surface area contributed by atoms with Gasteiger partial charge in [-0.25, -0.2) is 4.79 Å². The molecule has 1 N–H and O–H groups in total. The highest BCUT2D eigenvalue weighted by Crippen LogP contribution is 2.46. The SMILES string of the molecule is CCN1CC[C@@H](C2(NC(=O)OC(C)(C)C)CC2)C1. The van der Waals surface area contributed by atoms with E-state index in [2.05, 4.69) is 17.1 Å². The lowest BCUT2D eigenvalue weighted by atomic mass is 9.96. The van der Waals surface area contributed by atoms with Crippen LogP contribution in [0.2, 0.25) is 0 Å². The second-order valence-corrected chi connectivity index (χ2v) is 6.66. The van der Waals surface area contributed by atoms with E-state index in [0.717, 1.165) is 25.9 Å². The summed E-state index contributed by atoms with van der Waals surface area (Å²) in [6.45, 7) is 11.3. The van der Waals surface area contributed by atoms with Gasteiger partial charge in [0.1, 0.15) is 5.60 Å². The minimum absolute atomic E-state index is 0.0340. The van der Waals surface area contributed by atoms with Crippen LogP contribution in [0.25, 0.3) is 0 Å². The zero-order valence-electron chi connectivity index (χ0n) is 12.1. The Kier molecular flexibility index (Phi) is 3.58. The quantitative estimate of drug-likeness (QED) is 0.841. The predicted molar refractivity (Wildman–Crippen MR) is 71.6 cm³/mol. The third-order valence-corrected chi connectivity index (χ3v) is 4.04. The molecule has 2 fully saturated rings. The molecule has 1 saturated heterocycles. The highest BCUT2D eigenvalue weighted by molar-refractivity contribution is 5.69. The Morgan fingerprint density at radius 2 is 2.11 bits per heavy atom. The van der Waals surface area contributed by atoms with Crippen molar-refractivity contribution >= 4 is 6.09 Å². The summed E-state index contributed by atoms with van der Waals surface area (Å²) < 4.78 is 5.36. The molecule has 0 aromatic heterocycles. The number of alkyl carbamates (subject to hydrolysis) is 1. The van der Waals surface area contributed by atoms with Gasteiger partial charge in [0.25, 0.3) is 0 Å². The van der Waals surface area contributed by atoms with E-state index in [0.29, 0.717) is 5.92 Å². The largest absolute Gasteiger partial charge is 0.444 e. The average molecular weight is 254 g/mol.